The second-order valence-corrected chi connectivity index (χ2v) is 34.3. The van der Waals surface area contributed by atoms with Crippen molar-refractivity contribution in [3.8, 4) is 0 Å². The van der Waals surface area contributed by atoms with E-state index in [1.807, 2.05) is 20.8 Å². The summed E-state index contributed by atoms with van der Waals surface area (Å²) in [5.41, 5.74) is -2.51. The van der Waals surface area contributed by atoms with Crippen molar-refractivity contribution < 1.29 is 64.5 Å². The zero-order valence-electron chi connectivity index (χ0n) is 33.5. The lowest BCUT2D eigenvalue weighted by Gasteiger charge is -2.21. The van der Waals surface area contributed by atoms with Crippen LogP contribution >= 0.6 is 53.7 Å². The van der Waals surface area contributed by atoms with Gasteiger partial charge in [0.2, 0.25) is 5.69 Å². The highest BCUT2D eigenvalue weighted by molar-refractivity contribution is 8.60. The van der Waals surface area contributed by atoms with Crippen LogP contribution in [0.2, 0.25) is 0 Å². The van der Waals surface area contributed by atoms with Crippen LogP contribution in [0.1, 0.15) is 40.0 Å². The number of hydrogen-bond acceptors (Lipinski definition) is 15. The maximum absolute atomic E-state index is 11.8. The SMILES string of the molecule is COP(=S)(S)O[C@H]1C[C@H](C)O[C@@H]1/C=C/P(C)(C)=O.COP(C)(=O)O[C@H]1C[C@H](C)O[C@@H]1/C=C/P(C)(C)=O.COP(O)(=S)O[C@H]1C[C@H](C)O[C@@H]1/C=C/P(C)(C)=O. The molecule has 3 aliphatic rings. The Kier molecular flexibility index (Phi) is 22.6. The Balaban J connectivity index is 0.000000405. The van der Waals surface area contributed by atoms with Gasteiger partial charge >= 0.3 is 14.3 Å². The fourth-order valence-corrected chi connectivity index (χ4v) is 9.86. The van der Waals surface area contributed by atoms with E-state index in [-0.39, 0.29) is 54.9 Å². The normalized spacial score (nSPS) is 32.8. The topological polar surface area (TPSA) is 172 Å². The minimum atomic E-state index is -3.20. The van der Waals surface area contributed by atoms with Crippen molar-refractivity contribution in [2.45, 2.75) is 95.0 Å². The maximum Gasteiger partial charge on any atom is 0.327 e. The first-order chi connectivity index (χ1) is 24.4. The third-order valence-electron chi connectivity index (χ3n) is 7.52. The quantitative estimate of drug-likeness (QED) is 0.117. The molecule has 0 aromatic rings. The van der Waals surface area contributed by atoms with Gasteiger partial charge < -0.3 is 59.9 Å². The Bertz CT molecular complexity index is 1390. The number of ether oxygens (including phenoxy) is 3. The van der Waals surface area contributed by atoms with Crippen LogP contribution in [-0.4, -0.2) is 128 Å². The van der Waals surface area contributed by atoms with Crippen LogP contribution in [0, 0.1) is 0 Å². The molecule has 0 amide bonds. The van der Waals surface area contributed by atoms with Gasteiger partial charge in [-0.25, -0.2) is 0 Å². The molecule has 12 atom stereocenters. The van der Waals surface area contributed by atoms with Gasteiger partial charge in [0.1, 0.15) is 39.7 Å². The predicted molar refractivity (Wildman–Crippen MR) is 232 cm³/mol. The van der Waals surface area contributed by atoms with E-state index >= 15 is 0 Å². The standard InChI is InChI=1S/C11H22O5P2.C10H20O5P2S.C10H20O4P2S2/c1-9-8-11(16-18(5,13)14-2)10(15-9)6-7-17(3,4)12;1-8-7-10(15-17(12,18)13-2)9(14-8)5-6-16(3,4)11;1-8-7-10(14-16(17,18)12-2)9(13-8)5-6-15(3,4)11/h6-7,9-11H,8H2,1-5H3;5-6,8-10H,7H2,1-4H3,(H,12,18);5-6,8-10H,7H2,1-4H3,(H,17,18)/b7-6+;2*6-5+/t9-,10+,11-,18?;8-,9+,10-,17?;8-,9+,10-/m000/s1. The van der Waals surface area contributed by atoms with Gasteiger partial charge in [0.15, 0.2) is 0 Å². The lowest BCUT2D eigenvalue weighted by molar-refractivity contribution is 0.0486. The summed E-state index contributed by atoms with van der Waals surface area (Å²) in [6, 6.07) is 0. The average molecular weight is 941 g/mol. The molecule has 3 aliphatic heterocycles. The number of hydrogen-bond donors (Lipinski definition) is 2. The first-order valence-electron chi connectivity index (χ1n) is 17.0. The molecule has 0 aromatic heterocycles. The summed E-state index contributed by atoms with van der Waals surface area (Å²) in [4.78, 5) is 9.66. The molecule has 0 aliphatic carbocycles. The monoisotopic (exact) mass is 940 g/mol. The summed E-state index contributed by atoms with van der Waals surface area (Å²) in [6.07, 6.45) is 5.59. The molecule has 3 fully saturated rings. The van der Waals surface area contributed by atoms with Crippen LogP contribution in [-0.2, 0) is 83.2 Å². The summed E-state index contributed by atoms with van der Waals surface area (Å²) in [5.74, 6) is 4.99. The van der Waals surface area contributed by atoms with E-state index in [9.17, 15) is 23.2 Å². The largest absolute Gasteiger partial charge is 0.368 e. The zero-order chi connectivity index (χ0) is 41.9. The summed E-state index contributed by atoms with van der Waals surface area (Å²) in [5, 5.41) is 0. The summed E-state index contributed by atoms with van der Waals surface area (Å²) >= 11 is 14.1. The lowest BCUT2D eigenvalue weighted by atomic mass is 10.1. The van der Waals surface area contributed by atoms with E-state index in [2.05, 4.69) is 12.2 Å². The van der Waals surface area contributed by atoms with E-state index in [0.717, 1.165) is 6.42 Å². The average Bonchev–Trinajstić information content (AvgIpc) is 3.66. The van der Waals surface area contributed by atoms with E-state index in [1.54, 1.807) is 75.7 Å². The van der Waals surface area contributed by atoms with Crippen molar-refractivity contribution in [3.63, 3.8) is 0 Å². The fraction of sp³-hybridized carbons (Fsp3) is 0.806. The highest BCUT2D eigenvalue weighted by atomic mass is 32.9. The van der Waals surface area contributed by atoms with Crippen molar-refractivity contribution in [1.82, 2.24) is 0 Å². The van der Waals surface area contributed by atoms with Gasteiger partial charge in [0.25, 0.3) is 0 Å². The van der Waals surface area contributed by atoms with Crippen LogP contribution in [0.15, 0.2) is 35.7 Å². The van der Waals surface area contributed by atoms with Crippen LogP contribution in [0.3, 0.4) is 0 Å². The van der Waals surface area contributed by atoms with Gasteiger partial charge in [-0.15, -0.1) is 0 Å². The summed E-state index contributed by atoms with van der Waals surface area (Å²) in [7, 11) is -5.56. The van der Waals surface area contributed by atoms with Crippen molar-refractivity contribution >= 4 is 77.3 Å². The molecule has 3 unspecified atom stereocenters. The second-order valence-electron chi connectivity index (χ2n) is 14.5. The van der Waals surface area contributed by atoms with Gasteiger partial charge in [-0.2, -0.15) is 0 Å². The van der Waals surface area contributed by atoms with Crippen LogP contribution in [0.25, 0.3) is 0 Å². The molecule has 0 aromatic carbocycles. The van der Waals surface area contributed by atoms with Crippen LogP contribution < -0.4 is 0 Å². The summed E-state index contributed by atoms with van der Waals surface area (Å²) in [6.45, 7) is 14.1. The second kappa shape index (κ2) is 22.8. The van der Waals surface area contributed by atoms with Gasteiger partial charge in [-0.3, -0.25) is 4.57 Å². The molecule has 0 spiro atoms. The van der Waals surface area contributed by atoms with Crippen molar-refractivity contribution in [3.05, 3.63) is 35.7 Å². The molecule has 318 valence electrons. The van der Waals surface area contributed by atoms with E-state index in [0.29, 0.717) is 12.8 Å². The molecule has 23 heteroatoms. The van der Waals surface area contributed by atoms with E-state index in [4.69, 9.17) is 65.0 Å². The highest BCUT2D eigenvalue weighted by Gasteiger charge is 2.38. The predicted octanol–water partition coefficient (Wildman–Crippen LogP) is 9.19. The molecule has 3 heterocycles. The molecule has 3 saturated heterocycles. The molecular weight excluding hydrogens is 878 g/mol. The van der Waals surface area contributed by atoms with Crippen LogP contribution in [0.4, 0.5) is 0 Å². The molecule has 1 N–H and O–H groups in total. The highest BCUT2D eigenvalue weighted by Crippen LogP contribution is 2.55. The molecule has 14 nitrogen and oxygen atoms in total. The first kappa shape index (κ1) is 53.4. The van der Waals surface area contributed by atoms with Gasteiger partial charge in [0, 0.05) is 47.3 Å². The third-order valence-corrected chi connectivity index (χ3v) is 15.7. The minimum Gasteiger partial charge on any atom is -0.368 e. The minimum absolute atomic E-state index is 0.00426. The molecule has 3 rings (SSSR count). The lowest BCUT2D eigenvalue weighted by Crippen LogP contribution is -2.21. The Hall–Kier alpha value is 1.39. The molecule has 54 heavy (non-hydrogen) atoms. The zero-order valence-corrected chi connectivity index (χ0v) is 41.4. The smallest absolute Gasteiger partial charge is 0.327 e. The number of rotatable bonds is 15. The van der Waals surface area contributed by atoms with E-state index in [1.165, 1.54) is 28.0 Å². The molecule has 0 radical (unpaired) electrons. The molecule has 0 bridgehead atoms. The molecular formula is C31H62O14P6S3. The molecule has 0 saturated carbocycles. The third kappa shape index (κ3) is 23.3. The van der Waals surface area contributed by atoms with Crippen molar-refractivity contribution in [1.29, 1.82) is 0 Å². The van der Waals surface area contributed by atoms with Crippen LogP contribution in [0.5, 0.6) is 0 Å². The van der Waals surface area contributed by atoms with Crippen molar-refractivity contribution in [2.75, 3.05) is 68.0 Å². The van der Waals surface area contributed by atoms with Gasteiger partial charge in [-0.1, -0.05) is 12.2 Å². The Labute approximate surface area is 338 Å². The maximum atomic E-state index is 11.8. The Morgan fingerprint density at radius 2 is 0.889 bits per heavy atom. The first-order valence-corrected chi connectivity index (χ1v) is 33.4. The van der Waals surface area contributed by atoms with Crippen molar-refractivity contribution in [2.24, 2.45) is 0 Å². The Morgan fingerprint density at radius 3 is 1.17 bits per heavy atom. The van der Waals surface area contributed by atoms with Gasteiger partial charge in [-0.05, 0) is 120 Å². The fourth-order valence-electron chi connectivity index (χ4n) is 5.03. The Morgan fingerprint density at radius 1 is 0.574 bits per heavy atom. The summed E-state index contributed by atoms with van der Waals surface area (Å²) < 4.78 is 94.9. The number of thiol groups is 1. The van der Waals surface area contributed by atoms with Gasteiger partial charge in [0.05, 0.1) is 36.6 Å². The van der Waals surface area contributed by atoms with E-state index < -0.39 is 41.4 Å².